The van der Waals surface area contributed by atoms with Crippen molar-refractivity contribution >= 4 is 11.6 Å². The van der Waals surface area contributed by atoms with Crippen LogP contribution in [0.2, 0.25) is 5.28 Å². The fourth-order valence-electron chi connectivity index (χ4n) is 2.09. The molecule has 0 radical (unpaired) electrons. The predicted octanol–water partition coefficient (Wildman–Crippen LogP) is 3.56. The SMILES string of the molecule is FC(F)(F)C1CCCC(c2nc(Cl)no2)C1. The van der Waals surface area contributed by atoms with E-state index in [-0.39, 0.29) is 29.9 Å². The third kappa shape index (κ3) is 2.48. The molecule has 0 saturated heterocycles. The topological polar surface area (TPSA) is 38.9 Å². The lowest BCUT2D eigenvalue weighted by atomic mass is 9.81. The Morgan fingerprint density at radius 2 is 2.06 bits per heavy atom. The Balaban J connectivity index is 2.07. The van der Waals surface area contributed by atoms with Crippen LogP contribution in [0.3, 0.4) is 0 Å². The summed E-state index contributed by atoms with van der Waals surface area (Å²) in [6, 6.07) is 0. The summed E-state index contributed by atoms with van der Waals surface area (Å²) in [4.78, 5) is 3.77. The summed E-state index contributed by atoms with van der Waals surface area (Å²) in [5.74, 6) is -1.36. The zero-order valence-corrected chi connectivity index (χ0v) is 9.05. The Morgan fingerprint density at radius 1 is 1.31 bits per heavy atom. The van der Waals surface area contributed by atoms with Gasteiger partial charge in [0.2, 0.25) is 5.89 Å². The molecule has 1 fully saturated rings. The van der Waals surface area contributed by atoms with Crippen LogP contribution in [0.1, 0.15) is 37.5 Å². The summed E-state index contributed by atoms with van der Waals surface area (Å²) in [5, 5.41) is 3.33. The largest absolute Gasteiger partial charge is 0.391 e. The standard InChI is InChI=1S/C9H10ClF3N2O/c10-8-14-7(16-15-8)5-2-1-3-6(4-5)9(11,12)13/h5-6H,1-4H2. The van der Waals surface area contributed by atoms with Gasteiger partial charge in [-0.25, -0.2) is 0 Å². The molecule has 1 aromatic rings. The van der Waals surface area contributed by atoms with E-state index in [0.29, 0.717) is 12.8 Å². The third-order valence-electron chi connectivity index (χ3n) is 2.90. The van der Waals surface area contributed by atoms with Crippen LogP contribution in [0.15, 0.2) is 4.52 Å². The van der Waals surface area contributed by atoms with Crippen molar-refractivity contribution in [3.8, 4) is 0 Å². The number of hydrogen-bond donors (Lipinski definition) is 0. The molecule has 0 N–H and O–H groups in total. The summed E-state index contributed by atoms with van der Waals surface area (Å²) in [6.07, 6.45) is -2.77. The van der Waals surface area contributed by atoms with E-state index in [1.807, 2.05) is 0 Å². The van der Waals surface area contributed by atoms with E-state index >= 15 is 0 Å². The highest BCUT2D eigenvalue weighted by Crippen LogP contribution is 2.43. The summed E-state index contributed by atoms with van der Waals surface area (Å²) >= 11 is 5.47. The molecule has 0 aliphatic heterocycles. The predicted molar refractivity (Wildman–Crippen MR) is 50.1 cm³/mol. The Morgan fingerprint density at radius 3 is 2.62 bits per heavy atom. The van der Waals surface area contributed by atoms with Gasteiger partial charge in [0.05, 0.1) is 5.92 Å². The van der Waals surface area contributed by atoms with E-state index in [1.54, 1.807) is 0 Å². The molecule has 2 unspecified atom stereocenters. The minimum atomic E-state index is -4.14. The second-order valence-corrected chi connectivity index (χ2v) is 4.34. The van der Waals surface area contributed by atoms with Crippen LogP contribution in [-0.2, 0) is 0 Å². The lowest BCUT2D eigenvalue weighted by Gasteiger charge is -2.28. The minimum Gasteiger partial charge on any atom is -0.338 e. The average molecular weight is 255 g/mol. The van der Waals surface area contributed by atoms with Gasteiger partial charge in [0.1, 0.15) is 0 Å². The third-order valence-corrected chi connectivity index (χ3v) is 3.06. The number of hydrogen-bond acceptors (Lipinski definition) is 3. The first kappa shape index (κ1) is 11.7. The van der Waals surface area contributed by atoms with Gasteiger partial charge in [-0.2, -0.15) is 18.2 Å². The lowest BCUT2D eigenvalue weighted by Crippen LogP contribution is -2.28. The van der Waals surface area contributed by atoms with Crippen molar-refractivity contribution in [2.45, 2.75) is 37.8 Å². The van der Waals surface area contributed by atoms with Crippen molar-refractivity contribution < 1.29 is 17.7 Å². The summed E-state index contributed by atoms with van der Waals surface area (Å²) in [6.45, 7) is 0. The smallest absolute Gasteiger partial charge is 0.338 e. The number of nitrogens with zero attached hydrogens (tertiary/aromatic N) is 2. The van der Waals surface area contributed by atoms with Gasteiger partial charge < -0.3 is 4.52 Å². The van der Waals surface area contributed by atoms with Gasteiger partial charge in [-0.3, -0.25) is 0 Å². The highest BCUT2D eigenvalue weighted by atomic mass is 35.5. The van der Waals surface area contributed by atoms with Crippen molar-refractivity contribution in [3.05, 3.63) is 11.2 Å². The molecule has 0 bridgehead atoms. The van der Waals surface area contributed by atoms with Crippen LogP contribution in [0.25, 0.3) is 0 Å². The number of halogens is 4. The van der Waals surface area contributed by atoms with Gasteiger partial charge in [-0.1, -0.05) is 6.42 Å². The molecule has 16 heavy (non-hydrogen) atoms. The van der Waals surface area contributed by atoms with Crippen molar-refractivity contribution in [2.75, 3.05) is 0 Å². The fraction of sp³-hybridized carbons (Fsp3) is 0.778. The van der Waals surface area contributed by atoms with Crippen LogP contribution in [0.4, 0.5) is 13.2 Å². The van der Waals surface area contributed by atoms with E-state index < -0.39 is 12.1 Å². The molecule has 1 aliphatic rings. The van der Waals surface area contributed by atoms with Gasteiger partial charge in [-0.05, 0) is 36.0 Å². The molecular weight excluding hydrogens is 245 g/mol. The minimum absolute atomic E-state index is 0.0159. The van der Waals surface area contributed by atoms with Crippen LogP contribution < -0.4 is 0 Å². The molecule has 0 spiro atoms. The molecule has 2 atom stereocenters. The molecule has 90 valence electrons. The van der Waals surface area contributed by atoms with E-state index in [2.05, 4.69) is 10.1 Å². The zero-order valence-electron chi connectivity index (χ0n) is 8.30. The molecule has 0 aromatic carbocycles. The van der Waals surface area contributed by atoms with E-state index in [0.717, 1.165) is 0 Å². The zero-order chi connectivity index (χ0) is 11.8. The average Bonchev–Trinajstić information content (AvgIpc) is 2.64. The Hall–Kier alpha value is -0.780. The van der Waals surface area contributed by atoms with E-state index in [1.165, 1.54) is 0 Å². The van der Waals surface area contributed by atoms with Crippen molar-refractivity contribution in [3.63, 3.8) is 0 Å². The van der Waals surface area contributed by atoms with Crippen LogP contribution in [-0.4, -0.2) is 16.3 Å². The maximum atomic E-state index is 12.5. The lowest BCUT2D eigenvalue weighted by molar-refractivity contribution is -0.183. The first-order valence-corrected chi connectivity index (χ1v) is 5.40. The van der Waals surface area contributed by atoms with Gasteiger partial charge in [0, 0.05) is 5.92 Å². The molecule has 1 saturated carbocycles. The van der Waals surface area contributed by atoms with Crippen molar-refractivity contribution in [2.24, 2.45) is 5.92 Å². The highest BCUT2D eigenvalue weighted by Gasteiger charge is 2.43. The van der Waals surface area contributed by atoms with Gasteiger partial charge in [0.25, 0.3) is 5.28 Å². The van der Waals surface area contributed by atoms with Crippen LogP contribution >= 0.6 is 11.6 Å². The van der Waals surface area contributed by atoms with E-state index in [9.17, 15) is 13.2 Å². The van der Waals surface area contributed by atoms with Crippen LogP contribution in [0, 0.1) is 5.92 Å². The number of rotatable bonds is 1. The Kier molecular flexibility index (Phi) is 3.10. The van der Waals surface area contributed by atoms with Crippen molar-refractivity contribution in [1.29, 1.82) is 0 Å². The quantitative estimate of drug-likeness (QED) is 0.769. The van der Waals surface area contributed by atoms with Gasteiger partial charge in [0.15, 0.2) is 0 Å². The normalized spacial score (nSPS) is 27.0. The number of alkyl halides is 3. The maximum Gasteiger partial charge on any atom is 0.391 e. The van der Waals surface area contributed by atoms with Gasteiger partial charge in [-0.15, -0.1) is 0 Å². The van der Waals surface area contributed by atoms with Crippen molar-refractivity contribution in [1.82, 2.24) is 10.1 Å². The molecule has 1 aromatic heterocycles. The van der Waals surface area contributed by atoms with Gasteiger partial charge >= 0.3 is 6.18 Å². The first-order chi connectivity index (χ1) is 7.47. The first-order valence-electron chi connectivity index (χ1n) is 5.02. The molecule has 1 heterocycles. The highest BCUT2D eigenvalue weighted by molar-refractivity contribution is 6.28. The molecule has 1 aliphatic carbocycles. The fourth-order valence-corrected chi connectivity index (χ4v) is 2.21. The second-order valence-electron chi connectivity index (χ2n) is 4.00. The molecular formula is C9H10ClF3N2O. The molecule has 3 nitrogen and oxygen atoms in total. The summed E-state index contributed by atoms with van der Waals surface area (Å²) < 4.78 is 42.4. The molecule has 7 heteroatoms. The second kappa shape index (κ2) is 4.24. The monoisotopic (exact) mass is 254 g/mol. The summed E-state index contributed by atoms with van der Waals surface area (Å²) in [5.41, 5.74) is 0. The Labute approximate surface area is 95.0 Å². The summed E-state index contributed by atoms with van der Waals surface area (Å²) in [7, 11) is 0. The van der Waals surface area contributed by atoms with Crippen LogP contribution in [0.5, 0.6) is 0 Å². The maximum absolute atomic E-state index is 12.5. The number of aromatic nitrogens is 2. The Bertz CT molecular complexity index is 366. The van der Waals surface area contributed by atoms with E-state index in [4.69, 9.17) is 16.1 Å². The molecule has 2 rings (SSSR count). The molecule has 0 amide bonds.